The number of unbranched alkanes of at least 4 members (excludes halogenated alkanes) is 45. The first-order chi connectivity index (χ1) is 35.5. The second kappa shape index (κ2) is 55.7. The SMILES string of the molecule is CCCCCCCCCCCCCCCCCCCCCCC/C=C/CC/C=C/C(O)C(COP(=O)(O)OCC[N+](C)(C)C)NC(=O)CCCCCCCCCCCCCCCCCCCCCCCCCC. The maximum absolute atomic E-state index is 13.0. The quantitative estimate of drug-likeness (QED) is 0.0243. The van der Waals surface area contributed by atoms with Gasteiger partial charge in [-0.1, -0.05) is 314 Å². The minimum Gasteiger partial charge on any atom is -0.387 e. The zero-order chi connectivity index (χ0) is 53.5. The molecule has 0 aromatic heterocycles. The number of amides is 1. The number of aliphatic hydroxyl groups excluding tert-OH is 1. The number of allylic oxidation sites excluding steroid dienone is 3. The van der Waals surface area contributed by atoms with Crippen molar-refractivity contribution in [3.63, 3.8) is 0 Å². The van der Waals surface area contributed by atoms with E-state index in [1.165, 1.54) is 270 Å². The number of nitrogens with zero attached hydrogens (tertiary/aromatic N) is 1. The average molecular weight is 1050 g/mol. The lowest BCUT2D eigenvalue weighted by molar-refractivity contribution is -0.870. The number of likely N-dealkylation sites (N-methyl/N-ethyl adjacent to an activating group) is 1. The Labute approximate surface area is 455 Å². The van der Waals surface area contributed by atoms with Crippen molar-refractivity contribution >= 4 is 13.7 Å². The Morgan fingerprint density at radius 1 is 0.452 bits per heavy atom. The van der Waals surface area contributed by atoms with Crippen molar-refractivity contribution in [2.24, 2.45) is 0 Å². The van der Waals surface area contributed by atoms with Crippen molar-refractivity contribution in [1.82, 2.24) is 5.32 Å². The molecule has 3 unspecified atom stereocenters. The van der Waals surface area contributed by atoms with E-state index in [9.17, 15) is 19.4 Å². The third kappa shape index (κ3) is 58.5. The number of hydrogen-bond acceptors (Lipinski definition) is 5. The van der Waals surface area contributed by atoms with E-state index in [-0.39, 0.29) is 19.1 Å². The standard InChI is InChI=1S/C64H127N2O6P/c1-6-8-10-12-14-16-18-20-22-24-26-28-30-32-33-34-35-37-39-41-43-45-47-49-51-53-55-57-63(67)62(61-72-73(69,70)71-60-59-66(3,4)5)65-64(68)58-56-54-52-50-48-46-44-42-40-38-36-31-29-27-25-23-21-19-17-15-13-11-9-7-2/h47,49,55,57,62-63,67H,6-46,48,50-54,56,58-61H2,1-5H3,(H-,65,68,69,70)/p+1/b49-47+,57-55+. The van der Waals surface area contributed by atoms with Crippen LogP contribution in [-0.2, 0) is 18.4 Å². The number of phosphoric ester groups is 1. The summed E-state index contributed by atoms with van der Waals surface area (Å²) >= 11 is 0. The van der Waals surface area contributed by atoms with Crippen LogP contribution in [0.4, 0.5) is 0 Å². The van der Waals surface area contributed by atoms with Gasteiger partial charge in [0, 0.05) is 6.42 Å². The van der Waals surface area contributed by atoms with E-state index in [4.69, 9.17) is 9.05 Å². The molecule has 0 aromatic rings. The highest BCUT2D eigenvalue weighted by Crippen LogP contribution is 2.43. The third-order valence-corrected chi connectivity index (χ3v) is 15.9. The van der Waals surface area contributed by atoms with Crippen LogP contribution in [0, 0.1) is 0 Å². The number of rotatable bonds is 60. The van der Waals surface area contributed by atoms with Gasteiger partial charge in [-0.05, 0) is 32.1 Å². The molecule has 0 aliphatic carbocycles. The van der Waals surface area contributed by atoms with E-state index < -0.39 is 20.0 Å². The fourth-order valence-corrected chi connectivity index (χ4v) is 10.6. The molecule has 0 radical (unpaired) electrons. The molecule has 0 aliphatic heterocycles. The molecule has 8 nitrogen and oxygen atoms in total. The normalized spacial score (nSPS) is 13.9. The molecule has 434 valence electrons. The molecule has 0 fully saturated rings. The zero-order valence-electron chi connectivity index (χ0n) is 49.7. The predicted molar refractivity (Wildman–Crippen MR) is 318 cm³/mol. The molecule has 0 spiro atoms. The minimum absolute atomic E-state index is 0.0590. The molecule has 9 heteroatoms. The van der Waals surface area contributed by atoms with Crippen LogP contribution in [0.5, 0.6) is 0 Å². The first kappa shape index (κ1) is 72.0. The smallest absolute Gasteiger partial charge is 0.387 e. The van der Waals surface area contributed by atoms with E-state index in [2.05, 4.69) is 31.3 Å². The summed E-state index contributed by atoms with van der Waals surface area (Å²) in [6, 6.07) is -0.861. The summed E-state index contributed by atoms with van der Waals surface area (Å²) < 4.78 is 23.8. The number of phosphoric acid groups is 1. The first-order valence-corrected chi connectivity index (χ1v) is 33.7. The molecule has 0 rings (SSSR count). The number of carbonyl (C=O) groups is 1. The fourth-order valence-electron chi connectivity index (χ4n) is 9.89. The highest BCUT2D eigenvalue weighted by atomic mass is 31.2. The lowest BCUT2D eigenvalue weighted by atomic mass is 10.0. The van der Waals surface area contributed by atoms with Crippen molar-refractivity contribution in [1.29, 1.82) is 0 Å². The molecule has 1 amide bonds. The van der Waals surface area contributed by atoms with Crippen LogP contribution in [0.15, 0.2) is 24.3 Å². The monoisotopic (exact) mass is 1050 g/mol. The van der Waals surface area contributed by atoms with E-state index in [0.29, 0.717) is 17.4 Å². The highest BCUT2D eigenvalue weighted by molar-refractivity contribution is 7.47. The summed E-state index contributed by atoms with van der Waals surface area (Å²) in [5.74, 6) is -0.179. The molecule has 73 heavy (non-hydrogen) atoms. The van der Waals surface area contributed by atoms with Gasteiger partial charge in [0.2, 0.25) is 5.91 Å². The van der Waals surface area contributed by atoms with Gasteiger partial charge in [-0.15, -0.1) is 0 Å². The third-order valence-electron chi connectivity index (χ3n) is 14.9. The summed E-state index contributed by atoms with van der Waals surface area (Å²) in [4.78, 5) is 23.4. The largest absolute Gasteiger partial charge is 0.472 e. The fraction of sp³-hybridized carbons (Fsp3) is 0.922. The Bertz CT molecular complexity index is 1240. The lowest BCUT2D eigenvalue weighted by Crippen LogP contribution is -2.45. The van der Waals surface area contributed by atoms with E-state index >= 15 is 0 Å². The van der Waals surface area contributed by atoms with Crippen LogP contribution in [0.1, 0.15) is 328 Å². The van der Waals surface area contributed by atoms with Crippen LogP contribution >= 0.6 is 7.82 Å². The first-order valence-electron chi connectivity index (χ1n) is 32.2. The molecule has 3 atom stereocenters. The second-order valence-corrected chi connectivity index (χ2v) is 24.9. The van der Waals surface area contributed by atoms with Crippen molar-refractivity contribution in [2.75, 3.05) is 40.9 Å². The van der Waals surface area contributed by atoms with Crippen LogP contribution < -0.4 is 5.32 Å². The molecular weight excluding hydrogens is 924 g/mol. The van der Waals surface area contributed by atoms with Crippen LogP contribution in [0.25, 0.3) is 0 Å². The van der Waals surface area contributed by atoms with E-state index in [1.807, 2.05) is 27.2 Å². The summed E-state index contributed by atoms with van der Waals surface area (Å²) in [6.07, 6.45) is 71.7. The molecule has 0 heterocycles. The van der Waals surface area contributed by atoms with Gasteiger partial charge in [0.1, 0.15) is 13.2 Å². The topological polar surface area (TPSA) is 105 Å². The van der Waals surface area contributed by atoms with Crippen molar-refractivity contribution in [3.05, 3.63) is 24.3 Å². The zero-order valence-corrected chi connectivity index (χ0v) is 50.5. The molecule has 0 saturated heterocycles. The Hall–Kier alpha value is -1.02. The molecular formula is C64H128N2O6P+. The van der Waals surface area contributed by atoms with Crippen LogP contribution in [0.2, 0.25) is 0 Å². The van der Waals surface area contributed by atoms with Crippen LogP contribution in [0.3, 0.4) is 0 Å². The number of carbonyl (C=O) groups excluding carboxylic acids is 1. The van der Waals surface area contributed by atoms with Gasteiger partial charge in [0.25, 0.3) is 0 Å². The lowest BCUT2D eigenvalue weighted by Gasteiger charge is -2.25. The van der Waals surface area contributed by atoms with Crippen LogP contribution in [-0.4, -0.2) is 73.4 Å². The maximum atomic E-state index is 13.0. The summed E-state index contributed by atoms with van der Waals surface area (Å²) in [5, 5.41) is 14.0. The molecule has 0 aliphatic rings. The van der Waals surface area contributed by atoms with Gasteiger partial charge >= 0.3 is 7.82 Å². The number of hydrogen-bond donors (Lipinski definition) is 3. The van der Waals surface area contributed by atoms with E-state index in [0.717, 1.165) is 38.5 Å². The molecule has 3 N–H and O–H groups in total. The van der Waals surface area contributed by atoms with Gasteiger partial charge in [-0.25, -0.2) is 4.57 Å². The highest BCUT2D eigenvalue weighted by Gasteiger charge is 2.27. The van der Waals surface area contributed by atoms with Crippen molar-refractivity contribution in [3.8, 4) is 0 Å². The molecule has 0 saturated carbocycles. The minimum atomic E-state index is -4.36. The average Bonchev–Trinajstić information content (AvgIpc) is 3.35. The van der Waals surface area contributed by atoms with Gasteiger partial charge in [-0.3, -0.25) is 13.8 Å². The number of aliphatic hydroxyl groups is 1. The second-order valence-electron chi connectivity index (χ2n) is 23.5. The summed E-state index contributed by atoms with van der Waals surface area (Å²) in [7, 11) is 1.57. The van der Waals surface area contributed by atoms with Crippen molar-refractivity contribution in [2.45, 2.75) is 341 Å². The van der Waals surface area contributed by atoms with Gasteiger partial charge in [-0.2, -0.15) is 0 Å². The summed E-state index contributed by atoms with van der Waals surface area (Å²) in [5.41, 5.74) is 0. The van der Waals surface area contributed by atoms with Gasteiger partial charge in [0.15, 0.2) is 0 Å². The Morgan fingerprint density at radius 3 is 1.10 bits per heavy atom. The Morgan fingerprint density at radius 2 is 0.753 bits per heavy atom. The Kier molecular flexibility index (Phi) is 54.9. The summed E-state index contributed by atoms with van der Waals surface area (Å²) in [6.45, 7) is 4.86. The number of nitrogens with one attached hydrogen (secondary N) is 1. The molecule has 0 aromatic carbocycles. The van der Waals surface area contributed by atoms with E-state index in [1.54, 1.807) is 6.08 Å². The van der Waals surface area contributed by atoms with Gasteiger partial charge in [0.05, 0.1) is 39.9 Å². The predicted octanol–water partition coefficient (Wildman–Crippen LogP) is 19.9. The maximum Gasteiger partial charge on any atom is 0.472 e. The Balaban J connectivity index is 4.14. The number of quaternary nitrogens is 1. The van der Waals surface area contributed by atoms with Crippen molar-refractivity contribution < 1.29 is 32.9 Å². The molecule has 0 bridgehead atoms. The van der Waals surface area contributed by atoms with Gasteiger partial charge < -0.3 is 19.8 Å².